The third-order valence-electron chi connectivity index (χ3n) is 5.49. The van der Waals surface area contributed by atoms with Gasteiger partial charge in [-0.1, -0.05) is 112 Å². The summed E-state index contributed by atoms with van der Waals surface area (Å²) in [5.74, 6) is 0. The Hall–Kier alpha value is -1.38. The van der Waals surface area contributed by atoms with Crippen molar-refractivity contribution in [2.45, 2.75) is 63.8 Å². The van der Waals surface area contributed by atoms with Gasteiger partial charge in [-0.25, -0.2) is 0 Å². The fourth-order valence-electron chi connectivity index (χ4n) is 4.34. The van der Waals surface area contributed by atoms with E-state index in [1.54, 1.807) is 0 Å². The second kappa shape index (κ2) is 6.85. The van der Waals surface area contributed by atoms with Crippen molar-refractivity contribution < 1.29 is 4.74 Å². The number of epoxide rings is 1. The molecule has 24 heavy (non-hydrogen) atoms. The Morgan fingerprint density at radius 3 is 1.79 bits per heavy atom. The van der Waals surface area contributed by atoms with E-state index in [1.807, 2.05) is 0 Å². The minimum absolute atomic E-state index is 0.196. The largest absolute Gasteiger partial charge is 0.372 e. The average Bonchev–Trinajstić information content (AvgIpc) is 3.34. The minimum Gasteiger partial charge on any atom is -0.372 e. The topological polar surface area (TPSA) is 12.5 Å². The summed E-state index contributed by atoms with van der Waals surface area (Å²) >= 11 is 0. The van der Waals surface area contributed by atoms with Gasteiger partial charge in [0.05, 0.1) is 11.8 Å². The van der Waals surface area contributed by atoms with Crippen LogP contribution in [0.15, 0.2) is 60.7 Å². The fourth-order valence-corrected chi connectivity index (χ4v) is 10.5. The quantitative estimate of drug-likeness (QED) is 0.556. The fraction of sp³-hybridized carbons (Fsp3) is 0.455. The van der Waals surface area contributed by atoms with Crippen molar-refractivity contribution in [2.24, 2.45) is 0 Å². The second-order valence-electron chi connectivity index (χ2n) is 8.03. The van der Waals surface area contributed by atoms with Gasteiger partial charge in [-0.05, 0) is 11.5 Å². The Morgan fingerprint density at radius 2 is 1.38 bits per heavy atom. The molecule has 128 valence electrons. The number of unbranched alkanes of at least 4 members (excludes halogenated alkanes) is 1. The lowest BCUT2D eigenvalue weighted by Crippen LogP contribution is -2.69. The van der Waals surface area contributed by atoms with Gasteiger partial charge < -0.3 is 4.74 Å². The lowest BCUT2D eigenvalue weighted by atomic mass is 10.2. The predicted molar refractivity (Wildman–Crippen MR) is 106 cm³/mol. The van der Waals surface area contributed by atoms with Gasteiger partial charge >= 0.3 is 0 Å². The highest BCUT2D eigenvalue weighted by Gasteiger charge is 2.62. The van der Waals surface area contributed by atoms with Crippen LogP contribution >= 0.6 is 0 Å². The molecule has 0 aromatic heterocycles. The molecule has 1 nitrogen and oxygen atoms in total. The highest BCUT2D eigenvalue weighted by molar-refractivity contribution is 7.05. The van der Waals surface area contributed by atoms with Crippen LogP contribution in [0.25, 0.3) is 0 Å². The molecule has 0 N–H and O–H groups in total. The van der Waals surface area contributed by atoms with Crippen LogP contribution in [-0.4, -0.2) is 19.9 Å². The monoisotopic (exact) mass is 338 g/mol. The highest BCUT2D eigenvalue weighted by Crippen LogP contribution is 2.46. The average molecular weight is 339 g/mol. The molecule has 0 saturated carbocycles. The van der Waals surface area contributed by atoms with Crippen molar-refractivity contribution in [1.82, 2.24) is 0 Å². The van der Waals surface area contributed by atoms with Gasteiger partial charge in [0.2, 0.25) is 0 Å². The zero-order valence-corrected chi connectivity index (χ0v) is 16.5. The van der Waals surface area contributed by atoms with Gasteiger partial charge in [0.15, 0.2) is 8.07 Å². The highest BCUT2D eigenvalue weighted by atomic mass is 28.3. The van der Waals surface area contributed by atoms with E-state index < -0.39 is 8.07 Å². The van der Waals surface area contributed by atoms with E-state index in [0.717, 1.165) is 0 Å². The van der Waals surface area contributed by atoms with Gasteiger partial charge in [-0.3, -0.25) is 0 Å². The SMILES string of the molecule is CCCC[C@H]1O[C@@H]1[Si](c1ccccc1)(c1ccccc1)C(C)(C)C. The molecule has 2 aromatic rings. The second-order valence-corrected chi connectivity index (χ2v) is 12.9. The maximum absolute atomic E-state index is 6.38. The van der Waals surface area contributed by atoms with Gasteiger partial charge in [-0.2, -0.15) is 0 Å². The van der Waals surface area contributed by atoms with Gasteiger partial charge in [0, 0.05) is 0 Å². The summed E-state index contributed by atoms with van der Waals surface area (Å²) in [5, 5.41) is 3.21. The molecule has 2 aromatic carbocycles. The number of ether oxygens (including phenoxy) is 1. The van der Waals surface area contributed by atoms with E-state index in [9.17, 15) is 0 Å². The van der Waals surface area contributed by atoms with Crippen LogP contribution in [0, 0.1) is 0 Å². The number of rotatable bonds is 6. The smallest absolute Gasteiger partial charge is 0.157 e. The van der Waals surface area contributed by atoms with Crippen molar-refractivity contribution in [3.63, 3.8) is 0 Å². The van der Waals surface area contributed by atoms with Crippen molar-refractivity contribution in [1.29, 1.82) is 0 Å². The summed E-state index contributed by atoms with van der Waals surface area (Å²) in [4.78, 5) is 0. The predicted octanol–water partition coefficient (Wildman–Crippen LogP) is 4.55. The zero-order chi connectivity index (χ0) is 17.2. The van der Waals surface area contributed by atoms with Crippen LogP contribution in [0.1, 0.15) is 47.0 Å². The molecule has 1 saturated heterocycles. The third kappa shape index (κ3) is 2.98. The van der Waals surface area contributed by atoms with E-state index in [2.05, 4.69) is 88.4 Å². The Labute approximate surface area is 148 Å². The summed E-state index contributed by atoms with van der Waals surface area (Å²) in [6.07, 6.45) is 4.15. The molecule has 1 heterocycles. The van der Waals surface area contributed by atoms with E-state index in [0.29, 0.717) is 11.8 Å². The Morgan fingerprint density at radius 1 is 0.875 bits per heavy atom. The summed E-state index contributed by atoms with van der Waals surface area (Å²) in [6.45, 7) is 9.51. The maximum atomic E-state index is 6.38. The molecule has 1 fully saturated rings. The molecular weight excluding hydrogens is 308 g/mol. The van der Waals surface area contributed by atoms with Crippen LogP contribution in [0.2, 0.25) is 5.04 Å². The first kappa shape index (κ1) is 17.4. The van der Waals surface area contributed by atoms with Gasteiger partial charge in [0.1, 0.15) is 0 Å². The molecule has 0 amide bonds. The number of hydrogen-bond donors (Lipinski definition) is 0. The van der Waals surface area contributed by atoms with Crippen molar-refractivity contribution in [3.8, 4) is 0 Å². The van der Waals surface area contributed by atoms with Gasteiger partial charge in [-0.15, -0.1) is 0 Å². The Kier molecular flexibility index (Phi) is 4.98. The summed E-state index contributed by atoms with van der Waals surface area (Å²) in [5.41, 5.74) is 0.397. The molecule has 0 aliphatic carbocycles. The lowest BCUT2D eigenvalue weighted by Gasteiger charge is -2.43. The van der Waals surface area contributed by atoms with Crippen LogP contribution in [0.4, 0.5) is 0 Å². The number of benzene rings is 2. The molecule has 0 unspecified atom stereocenters. The van der Waals surface area contributed by atoms with Crippen molar-refractivity contribution in [3.05, 3.63) is 60.7 Å². The Balaban J connectivity index is 2.13. The zero-order valence-electron chi connectivity index (χ0n) is 15.5. The van der Waals surface area contributed by atoms with E-state index >= 15 is 0 Å². The molecule has 1 aliphatic rings. The van der Waals surface area contributed by atoms with Crippen LogP contribution < -0.4 is 10.4 Å². The number of hydrogen-bond acceptors (Lipinski definition) is 1. The lowest BCUT2D eigenvalue weighted by molar-refractivity contribution is 0.378. The van der Waals surface area contributed by atoms with Crippen molar-refractivity contribution in [2.75, 3.05) is 0 Å². The molecule has 3 rings (SSSR count). The Bertz CT molecular complexity index is 605. The van der Waals surface area contributed by atoms with E-state index in [4.69, 9.17) is 4.74 Å². The minimum atomic E-state index is -2.05. The first-order valence-electron chi connectivity index (χ1n) is 9.28. The first-order valence-corrected chi connectivity index (χ1v) is 11.4. The summed E-state index contributed by atoms with van der Waals surface area (Å²) < 4.78 is 6.38. The molecule has 0 spiro atoms. The van der Waals surface area contributed by atoms with Crippen LogP contribution in [0.5, 0.6) is 0 Å². The third-order valence-corrected chi connectivity index (χ3v) is 11.7. The first-order chi connectivity index (χ1) is 11.5. The van der Waals surface area contributed by atoms with Crippen LogP contribution in [-0.2, 0) is 4.74 Å². The standard InChI is InChI=1S/C22H30OSi/c1-5-6-17-20-21(23-20)24(22(2,3)4,18-13-9-7-10-14-18)19-15-11-8-12-16-19/h7-16,20-21H,5-6,17H2,1-4H3/t20-,21-/m1/s1. The molecular formula is C22H30OSi. The molecule has 0 bridgehead atoms. The molecule has 2 atom stereocenters. The maximum Gasteiger partial charge on any atom is 0.157 e. The van der Waals surface area contributed by atoms with E-state index in [1.165, 1.54) is 29.6 Å². The normalized spacial score (nSPS) is 20.8. The molecule has 2 heteroatoms. The van der Waals surface area contributed by atoms with Gasteiger partial charge in [0.25, 0.3) is 0 Å². The summed E-state index contributed by atoms with van der Waals surface area (Å²) in [6, 6.07) is 22.4. The molecule has 1 aliphatic heterocycles. The molecule has 0 radical (unpaired) electrons. The van der Waals surface area contributed by atoms with E-state index in [-0.39, 0.29) is 5.04 Å². The summed E-state index contributed by atoms with van der Waals surface area (Å²) in [7, 11) is -2.05. The van der Waals surface area contributed by atoms with Crippen LogP contribution in [0.3, 0.4) is 0 Å². The van der Waals surface area contributed by atoms with Crippen molar-refractivity contribution >= 4 is 18.4 Å².